The standard InChI is InChI=1S/C13H17Cl2N3O/c14-11-5-4-9(7-12(11)15)18-13(19)17-8-10-3-1-2-6-16-10/h4-5,7,10,16H,1-3,6,8H2,(H2,17,18,19). The van der Waals surface area contributed by atoms with Crippen LogP contribution in [0.2, 0.25) is 10.0 Å². The van der Waals surface area contributed by atoms with Crippen molar-refractivity contribution < 1.29 is 4.79 Å². The first-order valence-corrected chi connectivity index (χ1v) is 7.14. The molecule has 1 unspecified atom stereocenters. The Kier molecular flexibility index (Phi) is 5.31. The van der Waals surface area contributed by atoms with Gasteiger partial charge in [0, 0.05) is 18.3 Å². The highest BCUT2D eigenvalue weighted by Crippen LogP contribution is 2.24. The Morgan fingerprint density at radius 1 is 1.32 bits per heavy atom. The molecule has 0 aromatic heterocycles. The molecular formula is C13H17Cl2N3O. The summed E-state index contributed by atoms with van der Waals surface area (Å²) in [7, 11) is 0. The van der Waals surface area contributed by atoms with Crippen molar-refractivity contribution in [3.05, 3.63) is 28.2 Å². The number of carbonyl (C=O) groups excluding carboxylic acids is 1. The Hall–Kier alpha value is -0.970. The number of hydrogen-bond acceptors (Lipinski definition) is 2. The Morgan fingerprint density at radius 3 is 2.84 bits per heavy atom. The fourth-order valence-electron chi connectivity index (χ4n) is 2.06. The predicted octanol–water partition coefficient (Wildman–Crippen LogP) is 3.26. The molecule has 0 saturated carbocycles. The molecule has 1 heterocycles. The molecule has 1 atom stereocenters. The van der Waals surface area contributed by atoms with Gasteiger partial charge in [-0.25, -0.2) is 4.79 Å². The van der Waals surface area contributed by atoms with E-state index in [2.05, 4.69) is 16.0 Å². The van der Waals surface area contributed by atoms with Gasteiger partial charge in [-0.15, -0.1) is 0 Å². The molecular weight excluding hydrogens is 285 g/mol. The molecule has 104 valence electrons. The summed E-state index contributed by atoms with van der Waals surface area (Å²) in [5.74, 6) is 0. The van der Waals surface area contributed by atoms with Gasteiger partial charge in [0.05, 0.1) is 10.0 Å². The first-order chi connectivity index (χ1) is 9.15. The third-order valence-electron chi connectivity index (χ3n) is 3.10. The van der Waals surface area contributed by atoms with Gasteiger partial charge in [-0.1, -0.05) is 29.6 Å². The van der Waals surface area contributed by atoms with Gasteiger partial charge < -0.3 is 16.0 Å². The van der Waals surface area contributed by atoms with Crippen LogP contribution in [0, 0.1) is 0 Å². The van der Waals surface area contributed by atoms with E-state index in [9.17, 15) is 4.79 Å². The van der Waals surface area contributed by atoms with Crippen molar-refractivity contribution in [3.8, 4) is 0 Å². The van der Waals surface area contributed by atoms with Crippen molar-refractivity contribution in [2.24, 2.45) is 0 Å². The molecule has 0 radical (unpaired) electrons. The fourth-order valence-corrected chi connectivity index (χ4v) is 2.36. The van der Waals surface area contributed by atoms with Gasteiger partial charge in [0.25, 0.3) is 0 Å². The number of amides is 2. The van der Waals surface area contributed by atoms with E-state index in [0.29, 0.717) is 28.3 Å². The van der Waals surface area contributed by atoms with Crippen molar-refractivity contribution in [3.63, 3.8) is 0 Å². The second kappa shape index (κ2) is 6.98. The van der Waals surface area contributed by atoms with Crippen LogP contribution in [0.4, 0.5) is 10.5 Å². The predicted molar refractivity (Wildman–Crippen MR) is 79.1 cm³/mol. The molecule has 19 heavy (non-hydrogen) atoms. The summed E-state index contributed by atoms with van der Waals surface area (Å²) in [5.41, 5.74) is 0.628. The maximum atomic E-state index is 11.7. The van der Waals surface area contributed by atoms with E-state index in [1.165, 1.54) is 12.8 Å². The minimum Gasteiger partial charge on any atom is -0.336 e. The number of rotatable bonds is 3. The summed E-state index contributed by atoms with van der Waals surface area (Å²) >= 11 is 11.7. The topological polar surface area (TPSA) is 53.2 Å². The van der Waals surface area contributed by atoms with Crippen LogP contribution in [0.25, 0.3) is 0 Å². The molecule has 4 nitrogen and oxygen atoms in total. The number of hydrogen-bond donors (Lipinski definition) is 3. The number of carbonyl (C=O) groups is 1. The van der Waals surface area contributed by atoms with Crippen molar-refractivity contribution in [2.45, 2.75) is 25.3 Å². The maximum Gasteiger partial charge on any atom is 0.319 e. The molecule has 1 aliphatic rings. The average Bonchev–Trinajstić information content (AvgIpc) is 2.42. The van der Waals surface area contributed by atoms with Crippen molar-refractivity contribution in [1.29, 1.82) is 0 Å². The van der Waals surface area contributed by atoms with Gasteiger partial charge in [-0.3, -0.25) is 0 Å². The third-order valence-corrected chi connectivity index (χ3v) is 3.84. The van der Waals surface area contributed by atoms with Crippen molar-refractivity contribution in [2.75, 3.05) is 18.4 Å². The van der Waals surface area contributed by atoms with Gasteiger partial charge in [0.2, 0.25) is 0 Å². The normalized spacial score (nSPS) is 18.9. The molecule has 3 N–H and O–H groups in total. The maximum absolute atomic E-state index is 11.7. The zero-order chi connectivity index (χ0) is 13.7. The summed E-state index contributed by atoms with van der Waals surface area (Å²) < 4.78 is 0. The summed E-state index contributed by atoms with van der Waals surface area (Å²) in [6.07, 6.45) is 3.53. The lowest BCUT2D eigenvalue weighted by Gasteiger charge is -2.23. The van der Waals surface area contributed by atoms with E-state index < -0.39 is 0 Å². The first kappa shape index (κ1) is 14.4. The number of halogens is 2. The van der Waals surface area contributed by atoms with Crippen molar-refractivity contribution >= 4 is 34.9 Å². The summed E-state index contributed by atoms with van der Waals surface area (Å²) in [5, 5.41) is 9.84. The largest absolute Gasteiger partial charge is 0.336 e. The molecule has 0 bridgehead atoms. The summed E-state index contributed by atoms with van der Waals surface area (Å²) in [6, 6.07) is 5.14. The Labute approximate surface area is 122 Å². The molecule has 1 fully saturated rings. The van der Waals surface area contributed by atoms with Gasteiger partial charge in [-0.2, -0.15) is 0 Å². The summed E-state index contributed by atoms with van der Waals surface area (Å²) in [4.78, 5) is 11.7. The van der Waals surface area contributed by atoms with E-state index in [-0.39, 0.29) is 6.03 Å². The zero-order valence-electron chi connectivity index (χ0n) is 10.5. The Morgan fingerprint density at radius 2 is 2.16 bits per heavy atom. The minimum absolute atomic E-state index is 0.231. The monoisotopic (exact) mass is 301 g/mol. The quantitative estimate of drug-likeness (QED) is 0.803. The van der Waals surface area contributed by atoms with Gasteiger partial charge in [-0.05, 0) is 37.6 Å². The molecule has 2 amide bonds. The number of anilines is 1. The fraction of sp³-hybridized carbons (Fsp3) is 0.462. The van der Waals surface area contributed by atoms with Crippen molar-refractivity contribution in [1.82, 2.24) is 10.6 Å². The van der Waals surface area contributed by atoms with Crippen LogP contribution < -0.4 is 16.0 Å². The average molecular weight is 302 g/mol. The van der Waals surface area contributed by atoms with Crippen LogP contribution in [0.3, 0.4) is 0 Å². The van der Waals surface area contributed by atoms with Crippen LogP contribution in [-0.2, 0) is 0 Å². The van der Waals surface area contributed by atoms with Gasteiger partial charge in [0.1, 0.15) is 0 Å². The SMILES string of the molecule is O=C(NCC1CCCCN1)Nc1ccc(Cl)c(Cl)c1. The second-order valence-electron chi connectivity index (χ2n) is 4.61. The lowest BCUT2D eigenvalue weighted by Crippen LogP contribution is -2.44. The van der Waals surface area contributed by atoms with E-state index in [4.69, 9.17) is 23.2 Å². The van der Waals surface area contributed by atoms with Crippen LogP contribution >= 0.6 is 23.2 Å². The molecule has 6 heteroatoms. The van der Waals surface area contributed by atoms with Crippen LogP contribution in [0.15, 0.2) is 18.2 Å². The molecule has 0 spiro atoms. The number of piperidine rings is 1. The van der Waals surface area contributed by atoms with E-state index in [1.54, 1.807) is 18.2 Å². The van der Waals surface area contributed by atoms with Gasteiger partial charge in [0.15, 0.2) is 0 Å². The molecule has 0 aliphatic carbocycles. The number of urea groups is 1. The lowest BCUT2D eigenvalue weighted by atomic mass is 10.1. The van der Waals surface area contributed by atoms with Crippen LogP contribution in [-0.4, -0.2) is 25.2 Å². The van der Waals surface area contributed by atoms with E-state index in [1.807, 2.05) is 0 Å². The highest BCUT2D eigenvalue weighted by molar-refractivity contribution is 6.42. The molecule has 1 aromatic carbocycles. The smallest absolute Gasteiger partial charge is 0.319 e. The van der Waals surface area contributed by atoms with Gasteiger partial charge >= 0.3 is 6.03 Å². The third kappa shape index (κ3) is 4.56. The molecule has 2 rings (SSSR count). The number of nitrogens with one attached hydrogen (secondary N) is 3. The first-order valence-electron chi connectivity index (χ1n) is 6.38. The zero-order valence-corrected chi connectivity index (χ0v) is 12.0. The van der Waals surface area contributed by atoms with Crippen LogP contribution in [0.1, 0.15) is 19.3 Å². The molecule has 1 saturated heterocycles. The Bertz CT molecular complexity index is 448. The molecule has 1 aliphatic heterocycles. The molecule has 1 aromatic rings. The lowest BCUT2D eigenvalue weighted by molar-refractivity contribution is 0.249. The second-order valence-corrected chi connectivity index (χ2v) is 5.43. The highest BCUT2D eigenvalue weighted by atomic mass is 35.5. The summed E-state index contributed by atoms with van der Waals surface area (Å²) in [6.45, 7) is 1.66. The Balaban J connectivity index is 1.78. The van der Waals surface area contributed by atoms with Crippen LogP contribution in [0.5, 0.6) is 0 Å². The highest BCUT2D eigenvalue weighted by Gasteiger charge is 2.13. The minimum atomic E-state index is -0.231. The number of benzene rings is 1. The van der Waals surface area contributed by atoms with E-state index >= 15 is 0 Å². The van der Waals surface area contributed by atoms with E-state index in [0.717, 1.165) is 13.0 Å².